The monoisotopic (exact) mass is 490 g/mol. The summed E-state index contributed by atoms with van der Waals surface area (Å²) in [5.41, 5.74) is 1.52. The van der Waals surface area contributed by atoms with Gasteiger partial charge in [0, 0.05) is 10.6 Å². The number of rotatable bonds is 9. The molecule has 3 aromatic carbocycles. The highest BCUT2D eigenvalue weighted by atomic mass is 35.5. The number of benzene rings is 3. The Labute approximate surface area is 198 Å². The Hall–Kier alpha value is -3.10. The topological polar surface area (TPSA) is 75.7 Å². The van der Waals surface area contributed by atoms with E-state index in [1.165, 1.54) is 12.1 Å². The van der Waals surface area contributed by atoms with Crippen LogP contribution < -0.4 is 14.4 Å². The number of hydrogen-bond donors (Lipinski definition) is 1. The minimum Gasteiger partial charge on any atom is -0.484 e. The summed E-state index contributed by atoms with van der Waals surface area (Å²) in [4.78, 5) is 12.2. The summed E-state index contributed by atoms with van der Waals surface area (Å²) in [5.74, 6) is -0.392. The number of halogens is 2. The summed E-state index contributed by atoms with van der Waals surface area (Å²) >= 11 is 5.88. The average Bonchev–Trinajstić information content (AvgIpc) is 2.77. The van der Waals surface area contributed by atoms with Crippen molar-refractivity contribution in [1.29, 1.82) is 0 Å². The predicted octanol–water partition coefficient (Wildman–Crippen LogP) is 4.70. The first-order chi connectivity index (χ1) is 15.6. The smallest absolute Gasteiger partial charge is 0.258 e. The van der Waals surface area contributed by atoms with E-state index in [1.54, 1.807) is 48.5 Å². The molecule has 33 heavy (non-hydrogen) atoms. The Balaban J connectivity index is 1.61. The first-order valence-corrected chi connectivity index (χ1v) is 12.3. The van der Waals surface area contributed by atoms with Gasteiger partial charge in [0.2, 0.25) is 10.0 Å². The van der Waals surface area contributed by atoms with E-state index in [0.29, 0.717) is 16.5 Å². The zero-order valence-electron chi connectivity index (χ0n) is 18.2. The van der Waals surface area contributed by atoms with Crippen molar-refractivity contribution in [1.82, 2.24) is 5.32 Å². The number of sulfonamides is 1. The minimum absolute atomic E-state index is 0.142. The molecule has 0 saturated carbocycles. The van der Waals surface area contributed by atoms with Crippen molar-refractivity contribution in [3.05, 3.63) is 94.8 Å². The third-order valence-electron chi connectivity index (χ3n) is 4.91. The highest BCUT2D eigenvalue weighted by Crippen LogP contribution is 2.24. The lowest BCUT2D eigenvalue weighted by molar-refractivity contribution is -0.123. The Kier molecular flexibility index (Phi) is 7.94. The Bertz CT molecular complexity index is 1200. The molecule has 174 valence electrons. The molecule has 0 bridgehead atoms. The van der Waals surface area contributed by atoms with Crippen LogP contribution in [-0.4, -0.2) is 27.2 Å². The number of nitrogens with zero attached hydrogens (tertiary/aromatic N) is 1. The van der Waals surface area contributed by atoms with E-state index in [1.807, 2.05) is 19.1 Å². The van der Waals surface area contributed by atoms with E-state index in [0.717, 1.165) is 16.1 Å². The van der Waals surface area contributed by atoms with Crippen molar-refractivity contribution in [2.24, 2.45) is 0 Å². The fraction of sp³-hybridized carbons (Fsp3) is 0.208. The lowest BCUT2D eigenvalue weighted by atomic mass is 10.1. The lowest BCUT2D eigenvalue weighted by Gasteiger charge is -2.23. The van der Waals surface area contributed by atoms with Gasteiger partial charge in [-0.25, -0.2) is 12.8 Å². The van der Waals surface area contributed by atoms with Crippen molar-refractivity contribution in [2.45, 2.75) is 19.5 Å². The molecule has 3 rings (SSSR count). The van der Waals surface area contributed by atoms with E-state index in [-0.39, 0.29) is 30.7 Å². The molecule has 3 aromatic rings. The van der Waals surface area contributed by atoms with Crippen LogP contribution >= 0.6 is 11.6 Å². The van der Waals surface area contributed by atoms with Crippen LogP contribution in [0.2, 0.25) is 5.02 Å². The van der Waals surface area contributed by atoms with Crippen LogP contribution in [0.25, 0.3) is 0 Å². The summed E-state index contributed by atoms with van der Waals surface area (Å²) < 4.78 is 45.2. The van der Waals surface area contributed by atoms with Gasteiger partial charge in [0.05, 0.1) is 24.5 Å². The average molecular weight is 491 g/mol. The molecule has 0 unspecified atom stereocenters. The molecule has 0 aliphatic rings. The van der Waals surface area contributed by atoms with E-state index >= 15 is 0 Å². The van der Waals surface area contributed by atoms with Gasteiger partial charge in [-0.3, -0.25) is 9.10 Å². The second-order valence-corrected chi connectivity index (χ2v) is 9.83. The number of carbonyl (C=O) groups excluding carboxylic acids is 1. The number of carbonyl (C=O) groups is 1. The van der Waals surface area contributed by atoms with Crippen LogP contribution in [0.5, 0.6) is 5.75 Å². The molecule has 0 spiro atoms. The molecule has 1 atom stereocenters. The SMILES string of the molecule is C[C@@H](NC(=O)COc1ccc(N(Cc2ccccc2F)S(C)(=O)=O)cc1)c1ccc(Cl)cc1. The van der Waals surface area contributed by atoms with Gasteiger partial charge in [0.15, 0.2) is 6.61 Å². The molecule has 0 radical (unpaired) electrons. The Morgan fingerprint density at radius 1 is 1.06 bits per heavy atom. The van der Waals surface area contributed by atoms with Crippen LogP contribution in [0.15, 0.2) is 72.8 Å². The van der Waals surface area contributed by atoms with Crippen LogP contribution in [0.3, 0.4) is 0 Å². The highest BCUT2D eigenvalue weighted by molar-refractivity contribution is 7.92. The van der Waals surface area contributed by atoms with Crippen LogP contribution in [0.4, 0.5) is 10.1 Å². The van der Waals surface area contributed by atoms with E-state index in [4.69, 9.17) is 16.3 Å². The predicted molar refractivity (Wildman–Crippen MR) is 127 cm³/mol. The fourth-order valence-electron chi connectivity index (χ4n) is 3.16. The van der Waals surface area contributed by atoms with E-state index in [2.05, 4.69) is 5.32 Å². The van der Waals surface area contributed by atoms with Crippen molar-refractivity contribution < 1.29 is 22.3 Å². The summed E-state index contributed by atoms with van der Waals surface area (Å²) in [7, 11) is -3.66. The molecular formula is C24H24ClFN2O4S. The number of nitrogens with one attached hydrogen (secondary N) is 1. The van der Waals surface area contributed by atoms with Crippen LogP contribution in [0, 0.1) is 5.82 Å². The molecule has 1 N–H and O–H groups in total. The number of ether oxygens (including phenoxy) is 1. The summed E-state index contributed by atoms with van der Waals surface area (Å²) in [6.07, 6.45) is 1.06. The first kappa shape index (κ1) is 24.5. The second kappa shape index (κ2) is 10.7. The Morgan fingerprint density at radius 2 is 1.70 bits per heavy atom. The minimum atomic E-state index is -3.66. The van der Waals surface area contributed by atoms with Gasteiger partial charge in [-0.05, 0) is 55.0 Å². The molecule has 1 amide bonds. The molecule has 0 fully saturated rings. The zero-order chi connectivity index (χ0) is 24.0. The zero-order valence-corrected chi connectivity index (χ0v) is 19.7. The van der Waals surface area contributed by atoms with Gasteiger partial charge in [-0.1, -0.05) is 41.9 Å². The van der Waals surface area contributed by atoms with Crippen molar-refractivity contribution >= 4 is 33.2 Å². The van der Waals surface area contributed by atoms with Crippen LogP contribution in [0.1, 0.15) is 24.1 Å². The largest absolute Gasteiger partial charge is 0.484 e. The standard InChI is InChI=1S/C24H24ClFN2O4S/c1-17(18-7-9-20(25)10-8-18)27-24(29)16-32-22-13-11-21(12-14-22)28(33(2,30)31)15-19-5-3-4-6-23(19)26/h3-14,17H,15-16H2,1-2H3,(H,27,29)/t17-/m1/s1. The number of amides is 1. The molecule has 0 saturated heterocycles. The maximum Gasteiger partial charge on any atom is 0.258 e. The van der Waals surface area contributed by atoms with Crippen LogP contribution in [-0.2, 0) is 21.4 Å². The molecule has 9 heteroatoms. The summed E-state index contributed by atoms with van der Waals surface area (Å²) in [5, 5.41) is 3.46. The fourth-order valence-corrected chi connectivity index (χ4v) is 4.16. The quantitative estimate of drug-likeness (QED) is 0.471. The molecule has 6 nitrogen and oxygen atoms in total. The lowest BCUT2D eigenvalue weighted by Crippen LogP contribution is -2.31. The maximum atomic E-state index is 14.0. The molecular weight excluding hydrogens is 467 g/mol. The third-order valence-corrected chi connectivity index (χ3v) is 6.31. The van der Waals surface area contributed by atoms with Gasteiger partial charge >= 0.3 is 0 Å². The molecule has 0 heterocycles. The van der Waals surface area contributed by atoms with Crippen molar-refractivity contribution in [3.8, 4) is 5.75 Å². The van der Waals surface area contributed by atoms with Gasteiger partial charge in [-0.15, -0.1) is 0 Å². The molecule has 0 aliphatic heterocycles. The molecule has 0 aliphatic carbocycles. The van der Waals surface area contributed by atoms with E-state index in [9.17, 15) is 17.6 Å². The van der Waals surface area contributed by atoms with Crippen molar-refractivity contribution in [2.75, 3.05) is 17.2 Å². The number of anilines is 1. The molecule has 0 aromatic heterocycles. The Morgan fingerprint density at radius 3 is 2.30 bits per heavy atom. The highest BCUT2D eigenvalue weighted by Gasteiger charge is 2.19. The first-order valence-electron chi connectivity index (χ1n) is 10.1. The third kappa shape index (κ3) is 6.94. The second-order valence-electron chi connectivity index (χ2n) is 7.48. The van der Waals surface area contributed by atoms with Gasteiger partial charge in [-0.2, -0.15) is 0 Å². The van der Waals surface area contributed by atoms with Gasteiger partial charge in [0.1, 0.15) is 11.6 Å². The maximum absolute atomic E-state index is 14.0. The van der Waals surface area contributed by atoms with Gasteiger partial charge in [0.25, 0.3) is 5.91 Å². The summed E-state index contributed by atoms with van der Waals surface area (Å²) in [6.45, 7) is 1.50. The van der Waals surface area contributed by atoms with Gasteiger partial charge < -0.3 is 10.1 Å². The number of hydrogen-bond acceptors (Lipinski definition) is 4. The summed E-state index contributed by atoms with van der Waals surface area (Å²) in [6, 6.07) is 19.2. The van der Waals surface area contributed by atoms with E-state index < -0.39 is 15.8 Å². The van der Waals surface area contributed by atoms with Crippen molar-refractivity contribution in [3.63, 3.8) is 0 Å². The normalized spacial score (nSPS) is 12.1.